The van der Waals surface area contributed by atoms with Crippen LogP contribution in [-0.2, 0) is 0 Å². The molecule has 3 heteroatoms. The Hall–Kier alpha value is -2.55. The molecule has 2 heterocycles. The lowest BCUT2D eigenvalue weighted by molar-refractivity contribution is 1.02. The third-order valence-corrected chi connectivity index (χ3v) is 3.52. The summed E-state index contributed by atoms with van der Waals surface area (Å²) in [5, 5.41) is 3.50. The summed E-state index contributed by atoms with van der Waals surface area (Å²) >= 11 is 0. The number of imidazole rings is 1. The fraction of sp³-hybridized carbons (Fsp3) is 0.0625. The molecule has 0 radical (unpaired) electrons. The molecule has 3 aromatic rings. The smallest absolute Gasteiger partial charge is 0.146 e. The molecule has 0 saturated carbocycles. The lowest BCUT2D eigenvalue weighted by Crippen LogP contribution is -1.99. The van der Waals surface area contributed by atoms with E-state index in [1.165, 1.54) is 0 Å². The van der Waals surface area contributed by atoms with Gasteiger partial charge in [-0.3, -0.25) is 4.57 Å². The number of hydrogen-bond acceptors (Lipinski definition) is 2. The Labute approximate surface area is 111 Å². The summed E-state index contributed by atoms with van der Waals surface area (Å²) in [6, 6.07) is 16.6. The first-order chi connectivity index (χ1) is 9.34. The number of nitrogens with zero attached hydrogens (tertiary/aromatic N) is 2. The van der Waals surface area contributed by atoms with Crippen molar-refractivity contribution in [2.24, 2.45) is 0 Å². The van der Waals surface area contributed by atoms with E-state index in [4.69, 9.17) is 0 Å². The Morgan fingerprint density at radius 3 is 2.58 bits per heavy atom. The van der Waals surface area contributed by atoms with Crippen molar-refractivity contribution in [3.63, 3.8) is 0 Å². The van der Waals surface area contributed by atoms with Crippen LogP contribution in [-0.4, -0.2) is 9.55 Å². The van der Waals surface area contributed by atoms with Gasteiger partial charge in [0.15, 0.2) is 0 Å². The van der Waals surface area contributed by atoms with Crippen LogP contribution in [0.4, 0.5) is 11.4 Å². The molecule has 0 bridgehead atoms. The van der Waals surface area contributed by atoms with Crippen molar-refractivity contribution in [3.8, 4) is 17.1 Å². The highest BCUT2D eigenvalue weighted by atomic mass is 15.1. The molecule has 4 rings (SSSR count). The number of aryl methyl sites for hydroxylation is 1. The van der Waals surface area contributed by atoms with Gasteiger partial charge >= 0.3 is 0 Å². The van der Waals surface area contributed by atoms with Gasteiger partial charge in [-0.15, -0.1) is 0 Å². The predicted molar refractivity (Wildman–Crippen MR) is 77.0 cm³/mol. The van der Waals surface area contributed by atoms with Crippen LogP contribution in [0, 0.1) is 6.92 Å². The third-order valence-electron chi connectivity index (χ3n) is 3.52. The van der Waals surface area contributed by atoms with Gasteiger partial charge in [-0.2, -0.15) is 0 Å². The molecule has 3 nitrogen and oxygen atoms in total. The number of benzene rings is 2. The zero-order valence-corrected chi connectivity index (χ0v) is 10.6. The Kier molecular flexibility index (Phi) is 2.03. The van der Waals surface area contributed by atoms with Crippen LogP contribution in [0.5, 0.6) is 0 Å². The van der Waals surface area contributed by atoms with E-state index in [0.29, 0.717) is 0 Å². The summed E-state index contributed by atoms with van der Waals surface area (Å²) in [6.07, 6.45) is 1.92. The standard InChI is InChI=1S/C16H13N3/c1-11-10-17-16-12-6-2-3-7-13(12)18-14-8-4-5-9-15(14)19(11)16/h2-10,18H,1H3. The first kappa shape index (κ1) is 10.4. The summed E-state index contributed by atoms with van der Waals surface area (Å²) in [4.78, 5) is 4.58. The van der Waals surface area contributed by atoms with E-state index >= 15 is 0 Å². The highest BCUT2D eigenvalue weighted by Gasteiger charge is 2.20. The molecule has 0 spiro atoms. The number of rotatable bonds is 0. The van der Waals surface area contributed by atoms with Crippen LogP contribution in [0.25, 0.3) is 17.1 Å². The minimum Gasteiger partial charge on any atom is -0.353 e. The van der Waals surface area contributed by atoms with Gasteiger partial charge in [0.1, 0.15) is 5.82 Å². The zero-order chi connectivity index (χ0) is 12.8. The largest absolute Gasteiger partial charge is 0.353 e. The van der Waals surface area contributed by atoms with Crippen LogP contribution in [0.1, 0.15) is 5.69 Å². The second kappa shape index (κ2) is 3.72. The number of hydrogen-bond donors (Lipinski definition) is 1. The molecule has 1 aromatic heterocycles. The van der Waals surface area contributed by atoms with E-state index in [-0.39, 0.29) is 0 Å². The van der Waals surface area contributed by atoms with Gasteiger partial charge in [0, 0.05) is 23.1 Å². The SMILES string of the molecule is Cc1cnc2n1-c1ccccc1Nc1ccccc1-2. The molecule has 0 aliphatic carbocycles. The molecule has 1 N–H and O–H groups in total. The van der Waals surface area contributed by atoms with Crippen LogP contribution in [0.15, 0.2) is 54.7 Å². The first-order valence-electron chi connectivity index (χ1n) is 6.35. The minimum atomic E-state index is 0.991. The minimum absolute atomic E-state index is 0.991. The lowest BCUT2D eigenvalue weighted by Gasteiger charge is -2.10. The second-order valence-electron chi connectivity index (χ2n) is 4.75. The van der Waals surface area contributed by atoms with Crippen molar-refractivity contribution in [1.29, 1.82) is 0 Å². The van der Waals surface area contributed by atoms with Crippen molar-refractivity contribution in [1.82, 2.24) is 9.55 Å². The average molecular weight is 247 g/mol. The van der Waals surface area contributed by atoms with E-state index in [9.17, 15) is 0 Å². The van der Waals surface area contributed by atoms with Crippen LogP contribution >= 0.6 is 0 Å². The van der Waals surface area contributed by atoms with E-state index < -0.39 is 0 Å². The van der Waals surface area contributed by atoms with Crippen LogP contribution < -0.4 is 5.32 Å². The summed E-state index contributed by atoms with van der Waals surface area (Å²) in [7, 11) is 0. The molecule has 19 heavy (non-hydrogen) atoms. The molecule has 1 aliphatic rings. The highest BCUT2D eigenvalue weighted by Crippen LogP contribution is 2.37. The number of anilines is 2. The first-order valence-corrected chi connectivity index (χ1v) is 6.35. The van der Waals surface area contributed by atoms with Crippen molar-refractivity contribution in [3.05, 3.63) is 60.4 Å². The average Bonchev–Trinajstić information content (AvgIpc) is 2.75. The van der Waals surface area contributed by atoms with E-state index in [2.05, 4.69) is 52.1 Å². The van der Waals surface area contributed by atoms with E-state index in [1.54, 1.807) is 0 Å². The molecule has 0 atom stereocenters. The second-order valence-corrected chi connectivity index (χ2v) is 4.75. The summed E-state index contributed by atoms with van der Waals surface area (Å²) in [5.41, 5.74) is 5.62. The molecule has 2 aromatic carbocycles. The Balaban J connectivity index is 2.14. The van der Waals surface area contributed by atoms with Gasteiger partial charge in [0.2, 0.25) is 0 Å². The maximum Gasteiger partial charge on any atom is 0.146 e. The van der Waals surface area contributed by atoms with E-state index in [1.807, 2.05) is 24.4 Å². The normalized spacial score (nSPS) is 11.8. The molecule has 0 unspecified atom stereocenters. The summed E-state index contributed by atoms with van der Waals surface area (Å²) in [5.74, 6) is 0.991. The van der Waals surface area contributed by atoms with Gasteiger partial charge in [-0.25, -0.2) is 4.98 Å². The summed E-state index contributed by atoms with van der Waals surface area (Å²) in [6.45, 7) is 2.08. The Morgan fingerprint density at radius 2 is 1.68 bits per heavy atom. The fourth-order valence-electron chi connectivity index (χ4n) is 2.64. The zero-order valence-electron chi connectivity index (χ0n) is 10.6. The topological polar surface area (TPSA) is 29.9 Å². The predicted octanol–water partition coefficient (Wildman–Crippen LogP) is 3.90. The van der Waals surface area contributed by atoms with Crippen molar-refractivity contribution < 1.29 is 0 Å². The number of nitrogens with one attached hydrogen (secondary N) is 1. The number of fused-ring (bicyclic) bond motifs is 5. The third kappa shape index (κ3) is 1.41. The maximum absolute atomic E-state index is 4.58. The lowest BCUT2D eigenvalue weighted by atomic mass is 10.1. The van der Waals surface area contributed by atoms with Crippen LogP contribution in [0.2, 0.25) is 0 Å². The van der Waals surface area contributed by atoms with Crippen molar-refractivity contribution in [2.45, 2.75) is 6.92 Å². The maximum atomic E-state index is 4.58. The van der Waals surface area contributed by atoms with Gasteiger partial charge in [0.05, 0.1) is 11.4 Å². The Morgan fingerprint density at radius 1 is 0.947 bits per heavy atom. The van der Waals surface area contributed by atoms with Gasteiger partial charge in [-0.1, -0.05) is 24.3 Å². The molecular weight excluding hydrogens is 234 g/mol. The van der Waals surface area contributed by atoms with Crippen molar-refractivity contribution in [2.75, 3.05) is 5.32 Å². The molecule has 0 saturated heterocycles. The molecule has 1 aliphatic heterocycles. The summed E-state index contributed by atoms with van der Waals surface area (Å²) < 4.78 is 2.20. The molecular formula is C16H13N3. The monoisotopic (exact) mass is 247 g/mol. The molecule has 0 fully saturated rings. The number of aromatic nitrogens is 2. The van der Waals surface area contributed by atoms with Gasteiger partial charge in [0.25, 0.3) is 0 Å². The molecule has 0 amide bonds. The quantitative estimate of drug-likeness (QED) is 0.510. The fourth-order valence-corrected chi connectivity index (χ4v) is 2.64. The highest BCUT2D eigenvalue weighted by molar-refractivity contribution is 5.84. The van der Waals surface area contributed by atoms with E-state index in [0.717, 1.165) is 34.1 Å². The van der Waals surface area contributed by atoms with Gasteiger partial charge < -0.3 is 5.32 Å². The van der Waals surface area contributed by atoms with Gasteiger partial charge in [-0.05, 0) is 31.2 Å². The van der Waals surface area contributed by atoms with Crippen molar-refractivity contribution >= 4 is 11.4 Å². The van der Waals surface area contributed by atoms with Crippen LogP contribution in [0.3, 0.4) is 0 Å². The number of para-hydroxylation sites is 3. The Bertz CT molecular complexity index is 771. The molecule has 92 valence electrons.